The van der Waals surface area contributed by atoms with Gasteiger partial charge in [-0.3, -0.25) is 9.13 Å². The van der Waals surface area contributed by atoms with Gasteiger partial charge in [0.05, 0.1) is 34.6 Å². The number of benzene rings is 2. The van der Waals surface area contributed by atoms with Gasteiger partial charge in [-0.05, 0) is 78.4 Å². The second kappa shape index (κ2) is 10.6. The summed E-state index contributed by atoms with van der Waals surface area (Å²) in [7, 11) is -0.864. The summed E-state index contributed by atoms with van der Waals surface area (Å²) in [6, 6.07) is 15.2. The fourth-order valence-corrected chi connectivity index (χ4v) is 8.72. The molecule has 2 N–H and O–H groups in total. The first-order valence-electron chi connectivity index (χ1n) is 13.7. The number of nitrogens with one attached hydrogen (secondary N) is 1. The molecule has 2 aromatic carbocycles. The molecule has 5 aromatic rings. The Bertz CT molecular complexity index is 2040. The van der Waals surface area contributed by atoms with Crippen LogP contribution in [0.15, 0.2) is 75.1 Å². The standard InChI is InChI=1S/C30H30BrN5O6S/c1-30(33-28(37)38)15-13-19(14-16-30)35-25-22(34(2)29(35)39)17-32-27-24(25)23(18-9-11-20(42-3)12-10-18)26(31)36(27)43(40,41)21-7-5-4-6-8-21/h4-12,17,19,33H,13-16H2,1-3H3,(H,37,38). The number of halogens is 1. The van der Waals surface area contributed by atoms with Crippen LogP contribution >= 0.6 is 15.9 Å². The number of carboxylic acid groups (broad SMARTS) is 1. The molecule has 6 rings (SSSR count). The third-order valence-corrected chi connectivity index (χ3v) is 11.1. The molecule has 1 aliphatic carbocycles. The molecule has 11 nitrogen and oxygen atoms in total. The number of carbonyl (C=O) groups is 1. The average molecular weight is 669 g/mol. The van der Waals surface area contributed by atoms with E-state index in [0.29, 0.717) is 59.0 Å². The van der Waals surface area contributed by atoms with Gasteiger partial charge in [0.15, 0.2) is 5.65 Å². The van der Waals surface area contributed by atoms with Crippen LogP contribution in [0, 0.1) is 0 Å². The molecule has 1 aliphatic rings. The highest BCUT2D eigenvalue weighted by Crippen LogP contribution is 2.44. The second-order valence-electron chi connectivity index (χ2n) is 11.1. The number of hydrogen-bond donors (Lipinski definition) is 2. The number of pyridine rings is 1. The van der Waals surface area contributed by atoms with Crippen LogP contribution in [-0.2, 0) is 17.1 Å². The minimum absolute atomic E-state index is 0.0960. The molecule has 3 heterocycles. The van der Waals surface area contributed by atoms with Crippen molar-refractivity contribution in [2.75, 3.05) is 7.11 Å². The average Bonchev–Trinajstić information content (AvgIpc) is 3.43. The van der Waals surface area contributed by atoms with Gasteiger partial charge in [0.1, 0.15) is 10.4 Å². The van der Waals surface area contributed by atoms with E-state index in [1.54, 1.807) is 49.1 Å². The summed E-state index contributed by atoms with van der Waals surface area (Å²) in [6.45, 7) is 1.87. The van der Waals surface area contributed by atoms with E-state index in [9.17, 15) is 23.1 Å². The second-order valence-corrected chi connectivity index (χ2v) is 13.6. The van der Waals surface area contributed by atoms with E-state index in [0.717, 1.165) is 0 Å². The zero-order valence-corrected chi connectivity index (χ0v) is 26.1. The molecular formula is C30H30BrN5O6S. The third-order valence-electron chi connectivity index (χ3n) is 8.43. The third kappa shape index (κ3) is 4.70. The van der Waals surface area contributed by atoms with E-state index in [2.05, 4.69) is 26.2 Å². The summed E-state index contributed by atoms with van der Waals surface area (Å²) >= 11 is 3.62. The molecule has 1 amide bonds. The molecule has 0 atom stereocenters. The molecule has 0 unspecified atom stereocenters. The first-order valence-corrected chi connectivity index (χ1v) is 16.0. The van der Waals surface area contributed by atoms with Crippen molar-refractivity contribution < 1.29 is 23.1 Å². The molecule has 1 fully saturated rings. The number of hydrogen-bond acceptors (Lipinski definition) is 6. The SMILES string of the molecule is COc1ccc(-c2c(Br)n(S(=O)(=O)c3ccccc3)c3ncc4c(c23)n(C2CCC(C)(NC(=O)O)CC2)c(=O)n4C)cc1. The number of aromatic nitrogens is 4. The molecule has 0 radical (unpaired) electrons. The van der Waals surface area contributed by atoms with Crippen molar-refractivity contribution in [1.82, 2.24) is 23.4 Å². The number of nitrogens with zero attached hydrogens (tertiary/aromatic N) is 4. The summed E-state index contributed by atoms with van der Waals surface area (Å²) in [6.07, 6.45) is 2.66. The van der Waals surface area contributed by atoms with E-state index in [-0.39, 0.29) is 26.9 Å². The van der Waals surface area contributed by atoms with Gasteiger partial charge in [-0.25, -0.2) is 27.0 Å². The molecule has 0 aliphatic heterocycles. The Morgan fingerprint density at radius 2 is 1.77 bits per heavy atom. The van der Waals surface area contributed by atoms with Crippen molar-refractivity contribution in [3.8, 4) is 16.9 Å². The van der Waals surface area contributed by atoms with E-state index in [1.807, 2.05) is 19.1 Å². The highest BCUT2D eigenvalue weighted by atomic mass is 79.9. The van der Waals surface area contributed by atoms with Crippen LogP contribution in [0.3, 0.4) is 0 Å². The monoisotopic (exact) mass is 667 g/mol. The van der Waals surface area contributed by atoms with Crippen LogP contribution in [0.2, 0.25) is 0 Å². The number of amides is 1. The summed E-state index contributed by atoms with van der Waals surface area (Å²) in [5, 5.41) is 12.5. The highest BCUT2D eigenvalue weighted by Gasteiger charge is 2.36. The molecule has 0 spiro atoms. The van der Waals surface area contributed by atoms with E-state index in [4.69, 9.17) is 4.74 Å². The molecule has 13 heteroatoms. The van der Waals surface area contributed by atoms with Crippen molar-refractivity contribution in [3.63, 3.8) is 0 Å². The van der Waals surface area contributed by atoms with Gasteiger partial charge in [0.2, 0.25) is 0 Å². The molecule has 3 aromatic heterocycles. The number of rotatable bonds is 6. The van der Waals surface area contributed by atoms with Gasteiger partial charge in [0, 0.05) is 24.2 Å². The maximum absolute atomic E-state index is 14.1. The van der Waals surface area contributed by atoms with Crippen LogP contribution in [0.1, 0.15) is 38.6 Å². The lowest BCUT2D eigenvalue weighted by Crippen LogP contribution is -2.48. The Labute approximate surface area is 255 Å². The smallest absolute Gasteiger partial charge is 0.405 e. The van der Waals surface area contributed by atoms with Gasteiger partial charge in [-0.15, -0.1) is 0 Å². The Balaban J connectivity index is 1.66. The number of aryl methyl sites for hydroxylation is 1. The summed E-state index contributed by atoms with van der Waals surface area (Å²) in [5.74, 6) is 0.639. The van der Waals surface area contributed by atoms with Gasteiger partial charge >= 0.3 is 11.8 Å². The molecule has 1 saturated carbocycles. The van der Waals surface area contributed by atoms with Crippen molar-refractivity contribution in [2.45, 2.75) is 49.1 Å². The molecular weight excluding hydrogens is 638 g/mol. The number of ether oxygens (including phenoxy) is 1. The Morgan fingerprint density at radius 3 is 2.37 bits per heavy atom. The van der Waals surface area contributed by atoms with Crippen molar-refractivity contribution >= 4 is 54.1 Å². The Hall–Kier alpha value is -4.10. The first-order chi connectivity index (χ1) is 20.5. The predicted octanol–water partition coefficient (Wildman–Crippen LogP) is 5.51. The zero-order chi connectivity index (χ0) is 30.7. The van der Waals surface area contributed by atoms with E-state index >= 15 is 0 Å². The predicted molar refractivity (Wildman–Crippen MR) is 166 cm³/mol. The fourth-order valence-electron chi connectivity index (χ4n) is 6.17. The van der Waals surface area contributed by atoms with Crippen LogP contribution in [-0.4, -0.2) is 50.4 Å². The maximum Gasteiger partial charge on any atom is 0.405 e. The lowest BCUT2D eigenvalue weighted by Gasteiger charge is -2.37. The number of fused-ring (bicyclic) bond motifs is 3. The lowest BCUT2D eigenvalue weighted by molar-refractivity contribution is 0.158. The van der Waals surface area contributed by atoms with Crippen LogP contribution in [0.4, 0.5) is 4.79 Å². The lowest BCUT2D eigenvalue weighted by atomic mass is 9.80. The van der Waals surface area contributed by atoms with Gasteiger partial charge in [0.25, 0.3) is 10.0 Å². The van der Waals surface area contributed by atoms with E-state index in [1.165, 1.54) is 26.9 Å². The van der Waals surface area contributed by atoms with E-state index < -0.39 is 21.7 Å². The van der Waals surface area contributed by atoms with Crippen molar-refractivity contribution in [2.24, 2.45) is 7.05 Å². The van der Waals surface area contributed by atoms with Crippen LogP contribution in [0.5, 0.6) is 5.75 Å². The number of methoxy groups -OCH3 is 1. The Morgan fingerprint density at radius 1 is 1.12 bits per heavy atom. The first kappa shape index (κ1) is 29.0. The molecule has 0 saturated heterocycles. The quantitative estimate of drug-likeness (QED) is 0.244. The largest absolute Gasteiger partial charge is 0.497 e. The normalized spacial score (nSPS) is 19.1. The minimum atomic E-state index is -4.11. The summed E-state index contributed by atoms with van der Waals surface area (Å²) < 4.78 is 38.3. The maximum atomic E-state index is 14.1. The van der Waals surface area contributed by atoms with Gasteiger partial charge in [-0.2, -0.15) is 0 Å². The minimum Gasteiger partial charge on any atom is -0.497 e. The molecule has 43 heavy (non-hydrogen) atoms. The van der Waals surface area contributed by atoms with Crippen LogP contribution < -0.4 is 15.7 Å². The Kier molecular flexibility index (Phi) is 7.12. The van der Waals surface area contributed by atoms with Crippen molar-refractivity contribution in [1.29, 1.82) is 0 Å². The van der Waals surface area contributed by atoms with Gasteiger partial charge < -0.3 is 15.2 Å². The number of imidazole rings is 1. The highest BCUT2D eigenvalue weighted by molar-refractivity contribution is 9.10. The van der Waals surface area contributed by atoms with Crippen LogP contribution in [0.25, 0.3) is 33.2 Å². The topological polar surface area (TPSA) is 137 Å². The summed E-state index contributed by atoms with van der Waals surface area (Å²) in [5.41, 5.74) is 1.75. The fraction of sp³-hybridized carbons (Fsp3) is 0.300. The van der Waals surface area contributed by atoms with Crippen molar-refractivity contribution in [3.05, 3.63) is 75.9 Å². The van der Waals surface area contributed by atoms with Gasteiger partial charge in [-0.1, -0.05) is 30.3 Å². The molecule has 224 valence electrons. The summed E-state index contributed by atoms with van der Waals surface area (Å²) in [4.78, 5) is 30.0. The molecule has 0 bridgehead atoms. The zero-order valence-electron chi connectivity index (χ0n) is 23.7.